The molecule has 21 heavy (non-hydrogen) atoms. The van der Waals surface area contributed by atoms with Crippen LogP contribution in [0.25, 0.3) is 10.9 Å². The quantitative estimate of drug-likeness (QED) is 0.916. The third-order valence-electron chi connectivity index (χ3n) is 4.06. The summed E-state index contributed by atoms with van der Waals surface area (Å²) in [6.45, 7) is 2.42. The van der Waals surface area contributed by atoms with Crippen molar-refractivity contribution in [3.63, 3.8) is 0 Å². The molecule has 2 aromatic rings. The molecule has 1 unspecified atom stereocenters. The summed E-state index contributed by atoms with van der Waals surface area (Å²) in [5.74, 6) is 1.04. The average Bonchev–Trinajstić information content (AvgIpc) is 2.99. The number of hydrogen-bond acceptors (Lipinski definition) is 4. The Bertz CT molecular complexity index is 608. The maximum absolute atomic E-state index is 5.77. The van der Waals surface area contributed by atoms with Crippen LogP contribution in [0.1, 0.15) is 18.4 Å². The fraction of sp³-hybridized carbons (Fsp3) is 0.471. The van der Waals surface area contributed by atoms with Crippen LogP contribution in [-0.2, 0) is 11.2 Å². The van der Waals surface area contributed by atoms with Gasteiger partial charge in [0.25, 0.3) is 0 Å². The molecule has 1 fully saturated rings. The molecule has 4 nitrogen and oxygen atoms in total. The van der Waals surface area contributed by atoms with Gasteiger partial charge in [0.05, 0.1) is 11.6 Å². The Morgan fingerprint density at radius 3 is 3.00 bits per heavy atom. The third-order valence-corrected chi connectivity index (χ3v) is 4.06. The number of ether oxygens (including phenoxy) is 1. The van der Waals surface area contributed by atoms with E-state index in [4.69, 9.17) is 15.5 Å². The first-order valence-corrected chi connectivity index (χ1v) is 7.69. The number of rotatable bonds is 5. The van der Waals surface area contributed by atoms with Crippen molar-refractivity contribution >= 4 is 16.7 Å². The van der Waals surface area contributed by atoms with Gasteiger partial charge < -0.3 is 15.4 Å². The van der Waals surface area contributed by atoms with Crippen LogP contribution < -0.4 is 10.6 Å². The van der Waals surface area contributed by atoms with Gasteiger partial charge in [-0.05, 0) is 43.5 Å². The lowest BCUT2D eigenvalue weighted by atomic mass is 10.1. The minimum atomic E-state index is 0.328. The molecule has 1 aliphatic heterocycles. The minimum Gasteiger partial charge on any atom is -0.376 e. The van der Waals surface area contributed by atoms with E-state index in [-0.39, 0.29) is 0 Å². The molecule has 4 heteroatoms. The number of para-hydroxylation sites is 1. The second kappa shape index (κ2) is 6.41. The number of aromatic nitrogens is 1. The van der Waals surface area contributed by atoms with Crippen LogP contribution in [0.2, 0.25) is 0 Å². The maximum atomic E-state index is 5.77. The van der Waals surface area contributed by atoms with Gasteiger partial charge in [0.2, 0.25) is 0 Å². The summed E-state index contributed by atoms with van der Waals surface area (Å²) < 4.78 is 5.74. The van der Waals surface area contributed by atoms with Crippen molar-refractivity contribution < 1.29 is 4.74 Å². The third kappa shape index (κ3) is 3.17. The number of nitrogens with zero attached hydrogens (tertiary/aromatic N) is 2. The van der Waals surface area contributed by atoms with E-state index in [1.807, 2.05) is 12.1 Å². The second-order valence-electron chi connectivity index (χ2n) is 5.72. The van der Waals surface area contributed by atoms with E-state index in [1.165, 1.54) is 17.4 Å². The summed E-state index contributed by atoms with van der Waals surface area (Å²) in [7, 11) is 2.10. The van der Waals surface area contributed by atoms with Crippen LogP contribution in [-0.4, -0.2) is 37.8 Å². The Hall–Kier alpha value is -1.65. The van der Waals surface area contributed by atoms with Gasteiger partial charge >= 0.3 is 0 Å². The van der Waals surface area contributed by atoms with Crippen molar-refractivity contribution in [2.24, 2.45) is 5.73 Å². The number of hydrogen-bond donors (Lipinski definition) is 1. The predicted octanol–water partition coefficient (Wildman–Crippen LogP) is 2.35. The molecule has 1 saturated heterocycles. The van der Waals surface area contributed by atoms with Gasteiger partial charge in [-0.25, -0.2) is 4.98 Å². The molecular formula is C17H23N3O. The summed E-state index contributed by atoms with van der Waals surface area (Å²) >= 11 is 0. The van der Waals surface area contributed by atoms with E-state index >= 15 is 0 Å². The number of anilines is 1. The monoisotopic (exact) mass is 285 g/mol. The molecule has 1 aromatic carbocycles. The highest BCUT2D eigenvalue weighted by molar-refractivity contribution is 5.81. The normalized spacial score (nSPS) is 18.3. The van der Waals surface area contributed by atoms with Crippen molar-refractivity contribution in [2.45, 2.75) is 25.4 Å². The Kier molecular flexibility index (Phi) is 4.36. The molecule has 2 N–H and O–H groups in total. The van der Waals surface area contributed by atoms with E-state index in [9.17, 15) is 0 Å². The lowest BCUT2D eigenvalue weighted by Crippen LogP contribution is -2.30. The van der Waals surface area contributed by atoms with Crippen molar-refractivity contribution in [1.82, 2.24) is 4.98 Å². The highest BCUT2D eigenvalue weighted by Crippen LogP contribution is 2.24. The van der Waals surface area contributed by atoms with Crippen LogP contribution in [0.3, 0.4) is 0 Å². The number of likely N-dealkylation sites (N-methyl/N-ethyl adjacent to an activating group) is 1. The fourth-order valence-electron chi connectivity index (χ4n) is 3.00. The van der Waals surface area contributed by atoms with Crippen LogP contribution in [0, 0.1) is 0 Å². The van der Waals surface area contributed by atoms with Gasteiger partial charge in [0, 0.05) is 25.6 Å². The standard InChI is InChI=1S/C17H23N3O/c1-20(12-15-6-4-10-21-15)17-14(8-9-18)11-13-5-2-3-7-16(13)19-17/h2-3,5,7,11,15H,4,6,8-10,12,18H2,1H3. The van der Waals surface area contributed by atoms with Gasteiger partial charge in [-0.3, -0.25) is 0 Å². The zero-order valence-corrected chi connectivity index (χ0v) is 12.6. The van der Waals surface area contributed by atoms with Crippen LogP contribution in [0.15, 0.2) is 30.3 Å². The van der Waals surface area contributed by atoms with Crippen LogP contribution >= 0.6 is 0 Å². The molecule has 0 spiro atoms. The largest absolute Gasteiger partial charge is 0.376 e. The Morgan fingerprint density at radius 1 is 1.38 bits per heavy atom. The lowest BCUT2D eigenvalue weighted by molar-refractivity contribution is 0.116. The topological polar surface area (TPSA) is 51.4 Å². The van der Waals surface area contributed by atoms with E-state index in [0.717, 1.165) is 37.3 Å². The lowest BCUT2D eigenvalue weighted by Gasteiger charge is -2.24. The summed E-state index contributed by atoms with van der Waals surface area (Å²) in [5.41, 5.74) is 8.02. The predicted molar refractivity (Wildman–Crippen MR) is 86.7 cm³/mol. The molecule has 0 radical (unpaired) electrons. The number of benzene rings is 1. The van der Waals surface area contributed by atoms with Crippen molar-refractivity contribution in [3.8, 4) is 0 Å². The summed E-state index contributed by atoms with van der Waals surface area (Å²) in [6, 6.07) is 10.5. The van der Waals surface area contributed by atoms with Gasteiger partial charge in [-0.1, -0.05) is 18.2 Å². The van der Waals surface area contributed by atoms with Gasteiger partial charge in [-0.2, -0.15) is 0 Å². The SMILES string of the molecule is CN(CC1CCCO1)c1nc2ccccc2cc1CCN. The highest BCUT2D eigenvalue weighted by Gasteiger charge is 2.19. The Labute approximate surface area is 125 Å². The zero-order valence-electron chi connectivity index (χ0n) is 12.6. The molecule has 112 valence electrons. The minimum absolute atomic E-state index is 0.328. The molecule has 0 amide bonds. The Balaban J connectivity index is 1.91. The highest BCUT2D eigenvalue weighted by atomic mass is 16.5. The summed E-state index contributed by atoms with van der Waals surface area (Å²) in [5, 5.41) is 1.18. The van der Waals surface area contributed by atoms with E-state index < -0.39 is 0 Å². The van der Waals surface area contributed by atoms with Crippen molar-refractivity contribution in [3.05, 3.63) is 35.9 Å². The molecule has 1 aliphatic rings. The maximum Gasteiger partial charge on any atom is 0.132 e. The number of fused-ring (bicyclic) bond motifs is 1. The molecule has 2 heterocycles. The Morgan fingerprint density at radius 2 is 2.24 bits per heavy atom. The van der Waals surface area contributed by atoms with Crippen LogP contribution in [0.4, 0.5) is 5.82 Å². The molecule has 0 aliphatic carbocycles. The summed E-state index contributed by atoms with van der Waals surface area (Å²) in [4.78, 5) is 7.07. The molecule has 1 atom stereocenters. The smallest absolute Gasteiger partial charge is 0.132 e. The molecule has 3 rings (SSSR count). The molecule has 0 saturated carbocycles. The number of pyridine rings is 1. The molecule has 0 bridgehead atoms. The van der Waals surface area contributed by atoms with E-state index in [1.54, 1.807) is 0 Å². The average molecular weight is 285 g/mol. The summed E-state index contributed by atoms with van der Waals surface area (Å²) in [6.07, 6.45) is 3.49. The van der Waals surface area contributed by atoms with Crippen molar-refractivity contribution in [2.75, 3.05) is 31.6 Å². The number of nitrogens with two attached hydrogens (primary N) is 1. The van der Waals surface area contributed by atoms with E-state index in [2.05, 4.69) is 30.1 Å². The van der Waals surface area contributed by atoms with Gasteiger partial charge in [-0.15, -0.1) is 0 Å². The van der Waals surface area contributed by atoms with Gasteiger partial charge in [0.1, 0.15) is 5.82 Å². The van der Waals surface area contributed by atoms with E-state index in [0.29, 0.717) is 12.6 Å². The first-order valence-electron chi connectivity index (χ1n) is 7.69. The fourth-order valence-corrected chi connectivity index (χ4v) is 3.00. The van der Waals surface area contributed by atoms with Gasteiger partial charge in [0.15, 0.2) is 0 Å². The molecular weight excluding hydrogens is 262 g/mol. The van der Waals surface area contributed by atoms with Crippen molar-refractivity contribution in [1.29, 1.82) is 0 Å². The second-order valence-corrected chi connectivity index (χ2v) is 5.72. The first kappa shape index (κ1) is 14.3. The molecule has 1 aromatic heterocycles. The first-order chi connectivity index (χ1) is 10.3. The zero-order chi connectivity index (χ0) is 14.7. The van der Waals surface area contributed by atoms with Crippen LogP contribution in [0.5, 0.6) is 0 Å².